The van der Waals surface area contributed by atoms with Crippen molar-refractivity contribution in [3.05, 3.63) is 0 Å². The highest BCUT2D eigenvalue weighted by molar-refractivity contribution is 5.75. The van der Waals surface area contributed by atoms with Gasteiger partial charge in [0.25, 0.3) is 0 Å². The van der Waals surface area contributed by atoms with Crippen LogP contribution in [0.1, 0.15) is 26.7 Å². The molecule has 1 saturated carbocycles. The fraction of sp³-hybridized carbons (Fsp3) is 0.800. The number of carboxylic acid groups (broad SMARTS) is 1. The van der Waals surface area contributed by atoms with Crippen LogP contribution in [0.2, 0.25) is 0 Å². The van der Waals surface area contributed by atoms with E-state index in [4.69, 9.17) is 10.2 Å². The number of carbonyl (C=O) groups is 2. The van der Waals surface area contributed by atoms with Gasteiger partial charge in [0.15, 0.2) is 6.10 Å². The van der Waals surface area contributed by atoms with Crippen LogP contribution in [0.25, 0.3) is 0 Å². The summed E-state index contributed by atoms with van der Waals surface area (Å²) in [5.74, 6) is -1.27. The molecule has 0 radical (unpaired) electrons. The third-order valence-corrected chi connectivity index (χ3v) is 2.81. The van der Waals surface area contributed by atoms with Crippen molar-refractivity contribution in [2.45, 2.75) is 38.8 Å². The first-order chi connectivity index (χ1) is 7.33. The predicted molar refractivity (Wildman–Crippen MR) is 57.0 cm³/mol. The Morgan fingerprint density at radius 1 is 1.50 bits per heavy atom. The van der Waals surface area contributed by atoms with Gasteiger partial charge in [0.05, 0.1) is 0 Å². The number of aliphatic carboxylic acids is 1. The third-order valence-electron chi connectivity index (χ3n) is 2.81. The minimum absolute atomic E-state index is 0.0107. The highest BCUT2D eigenvalue weighted by atomic mass is 16.4. The van der Waals surface area contributed by atoms with Gasteiger partial charge in [-0.05, 0) is 11.8 Å². The lowest BCUT2D eigenvalue weighted by atomic mass is 10.2. The molecule has 0 spiro atoms. The SMILES string of the molecule is CC1(C)CC1NC(=O)NCC[C@H](O)C(=O)O. The number of urea groups is 1. The molecule has 0 aromatic heterocycles. The number of amides is 2. The fourth-order valence-corrected chi connectivity index (χ4v) is 1.37. The number of aliphatic hydroxyl groups excluding tert-OH is 1. The van der Waals surface area contributed by atoms with Gasteiger partial charge in [0.2, 0.25) is 0 Å². The highest BCUT2D eigenvalue weighted by Gasteiger charge is 2.46. The van der Waals surface area contributed by atoms with E-state index in [9.17, 15) is 9.59 Å². The Morgan fingerprint density at radius 3 is 2.50 bits per heavy atom. The van der Waals surface area contributed by atoms with Crippen LogP contribution in [0.5, 0.6) is 0 Å². The van der Waals surface area contributed by atoms with E-state index in [0.29, 0.717) is 0 Å². The number of carboxylic acids is 1. The van der Waals surface area contributed by atoms with Gasteiger partial charge in [-0.2, -0.15) is 0 Å². The molecule has 1 fully saturated rings. The Hall–Kier alpha value is -1.30. The molecule has 6 heteroatoms. The van der Waals surface area contributed by atoms with Gasteiger partial charge < -0.3 is 20.8 Å². The second-order valence-corrected chi connectivity index (χ2v) is 4.79. The van der Waals surface area contributed by atoms with Crippen molar-refractivity contribution < 1.29 is 19.8 Å². The molecule has 0 bridgehead atoms. The Labute approximate surface area is 94.0 Å². The minimum Gasteiger partial charge on any atom is -0.479 e. The summed E-state index contributed by atoms with van der Waals surface area (Å²) >= 11 is 0. The molecule has 0 aliphatic heterocycles. The van der Waals surface area contributed by atoms with Crippen molar-refractivity contribution in [2.75, 3.05) is 6.54 Å². The third kappa shape index (κ3) is 3.69. The summed E-state index contributed by atoms with van der Waals surface area (Å²) in [6, 6.07) is -0.120. The van der Waals surface area contributed by atoms with Gasteiger partial charge in [-0.25, -0.2) is 9.59 Å². The second-order valence-electron chi connectivity index (χ2n) is 4.79. The first-order valence-corrected chi connectivity index (χ1v) is 5.28. The molecule has 6 nitrogen and oxygen atoms in total. The molecule has 1 rings (SSSR count). The Balaban J connectivity index is 2.10. The molecule has 0 heterocycles. The van der Waals surface area contributed by atoms with Crippen molar-refractivity contribution in [1.29, 1.82) is 0 Å². The van der Waals surface area contributed by atoms with E-state index in [1.54, 1.807) is 0 Å². The largest absolute Gasteiger partial charge is 0.479 e. The molecule has 0 aromatic rings. The summed E-state index contributed by atoms with van der Waals surface area (Å²) in [5, 5.41) is 22.6. The summed E-state index contributed by atoms with van der Waals surface area (Å²) in [6.45, 7) is 4.27. The zero-order chi connectivity index (χ0) is 12.3. The van der Waals surface area contributed by atoms with Crippen LogP contribution in [-0.2, 0) is 4.79 Å². The van der Waals surface area contributed by atoms with Crippen LogP contribution in [-0.4, -0.2) is 40.9 Å². The maximum absolute atomic E-state index is 11.3. The molecule has 4 N–H and O–H groups in total. The summed E-state index contributed by atoms with van der Waals surface area (Å²) in [5.41, 5.74) is 0.165. The van der Waals surface area contributed by atoms with E-state index in [1.165, 1.54) is 0 Å². The average molecular weight is 230 g/mol. The molecular formula is C10H18N2O4. The maximum Gasteiger partial charge on any atom is 0.332 e. The molecule has 0 aromatic carbocycles. The van der Waals surface area contributed by atoms with E-state index in [1.807, 2.05) is 0 Å². The van der Waals surface area contributed by atoms with Crippen molar-refractivity contribution in [3.63, 3.8) is 0 Å². The highest BCUT2D eigenvalue weighted by Crippen LogP contribution is 2.44. The number of nitrogens with one attached hydrogen (secondary N) is 2. The van der Waals surface area contributed by atoms with Gasteiger partial charge in [-0.3, -0.25) is 0 Å². The van der Waals surface area contributed by atoms with Gasteiger partial charge in [0.1, 0.15) is 0 Å². The zero-order valence-corrected chi connectivity index (χ0v) is 9.49. The van der Waals surface area contributed by atoms with E-state index >= 15 is 0 Å². The van der Waals surface area contributed by atoms with Crippen LogP contribution in [0.4, 0.5) is 4.79 Å². The van der Waals surface area contributed by atoms with E-state index in [2.05, 4.69) is 24.5 Å². The summed E-state index contributed by atoms with van der Waals surface area (Å²) < 4.78 is 0. The van der Waals surface area contributed by atoms with Crippen LogP contribution < -0.4 is 10.6 Å². The standard InChI is InChI=1S/C10H18N2O4/c1-10(2)5-7(10)12-9(16)11-4-3-6(13)8(14)15/h6-7,13H,3-5H2,1-2H3,(H,14,15)(H2,11,12,16)/t6-,7?/m0/s1. The van der Waals surface area contributed by atoms with Gasteiger partial charge >= 0.3 is 12.0 Å². The quantitative estimate of drug-likeness (QED) is 0.531. The number of aliphatic hydroxyl groups is 1. The first kappa shape index (κ1) is 12.8. The summed E-state index contributed by atoms with van der Waals surface area (Å²) in [6.07, 6.45) is -0.452. The molecule has 2 amide bonds. The number of carbonyl (C=O) groups excluding carboxylic acids is 1. The maximum atomic E-state index is 11.3. The lowest BCUT2D eigenvalue weighted by Crippen LogP contribution is -2.39. The number of rotatable bonds is 5. The monoisotopic (exact) mass is 230 g/mol. The zero-order valence-electron chi connectivity index (χ0n) is 9.49. The molecule has 1 unspecified atom stereocenters. The van der Waals surface area contributed by atoms with E-state index < -0.39 is 12.1 Å². The van der Waals surface area contributed by atoms with E-state index in [0.717, 1.165) is 6.42 Å². The van der Waals surface area contributed by atoms with Crippen molar-refractivity contribution in [1.82, 2.24) is 10.6 Å². The number of hydrogen-bond acceptors (Lipinski definition) is 3. The van der Waals surface area contributed by atoms with Gasteiger partial charge in [-0.1, -0.05) is 13.8 Å². The lowest BCUT2D eigenvalue weighted by Gasteiger charge is -2.09. The van der Waals surface area contributed by atoms with Crippen LogP contribution >= 0.6 is 0 Å². The molecule has 92 valence electrons. The first-order valence-electron chi connectivity index (χ1n) is 5.28. The lowest BCUT2D eigenvalue weighted by molar-refractivity contribution is -0.146. The van der Waals surface area contributed by atoms with Crippen LogP contribution in [0, 0.1) is 5.41 Å². The predicted octanol–water partition coefficient (Wildman–Crippen LogP) is -0.0803. The Bertz CT molecular complexity index is 291. The fourth-order valence-electron chi connectivity index (χ4n) is 1.37. The van der Waals surface area contributed by atoms with Gasteiger partial charge in [0, 0.05) is 19.0 Å². The smallest absolute Gasteiger partial charge is 0.332 e. The molecular weight excluding hydrogens is 212 g/mol. The molecule has 1 aliphatic carbocycles. The Morgan fingerprint density at radius 2 is 2.06 bits per heavy atom. The molecule has 0 saturated heterocycles. The van der Waals surface area contributed by atoms with Crippen LogP contribution in [0.15, 0.2) is 0 Å². The normalized spacial score (nSPS) is 23.3. The average Bonchev–Trinajstić information content (AvgIpc) is 2.72. The van der Waals surface area contributed by atoms with Crippen LogP contribution in [0.3, 0.4) is 0 Å². The van der Waals surface area contributed by atoms with Crippen molar-refractivity contribution in [2.24, 2.45) is 5.41 Å². The molecule has 2 atom stereocenters. The molecule has 16 heavy (non-hydrogen) atoms. The second kappa shape index (κ2) is 4.69. The Kier molecular flexibility index (Phi) is 3.74. The van der Waals surface area contributed by atoms with Crippen molar-refractivity contribution >= 4 is 12.0 Å². The molecule has 1 aliphatic rings. The summed E-state index contributed by atoms with van der Waals surface area (Å²) in [4.78, 5) is 21.6. The minimum atomic E-state index is -1.42. The van der Waals surface area contributed by atoms with E-state index in [-0.39, 0.29) is 30.5 Å². The van der Waals surface area contributed by atoms with Crippen molar-refractivity contribution in [3.8, 4) is 0 Å². The number of hydrogen-bond donors (Lipinski definition) is 4. The van der Waals surface area contributed by atoms with Gasteiger partial charge in [-0.15, -0.1) is 0 Å². The summed E-state index contributed by atoms with van der Waals surface area (Å²) in [7, 11) is 0. The topological polar surface area (TPSA) is 98.7 Å².